The largest absolute Gasteiger partial charge is 0.399 e. The molecule has 5 heteroatoms. The van der Waals surface area contributed by atoms with E-state index in [-0.39, 0.29) is 17.9 Å². The molecule has 1 aliphatic heterocycles. The van der Waals surface area contributed by atoms with E-state index in [4.69, 9.17) is 10.5 Å². The number of rotatable bonds is 3. The lowest BCUT2D eigenvalue weighted by molar-refractivity contribution is 0.0497. The molecule has 0 saturated carbocycles. The first kappa shape index (κ1) is 11.6. The number of benzene rings is 1. The van der Waals surface area contributed by atoms with E-state index in [1.165, 1.54) is 18.1 Å². The number of fused-ring (bicyclic) bond motifs is 1. The number of hydrogen-bond acceptors (Lipinski definition) is 4. The topological polar surface area (TPSA) is 72.6 Å². The van der Waals surface area contributed by atoms with Crippen LogP contribution >= 0.6 is 0 Å². The second-order valence-electron chi connectivity index (χ2n) is 4.09. The quantitative estimate of drug-likeness (QED) is 0.623. The molecule has 0 fully saturated rings. The summed E-state index contributed by atoms with van der Waals surface area (Å²) in [7, 11) is 1.53. The predicted molar refractivity (Wildman–Crippen MR) is 62.7 cm³/mol. The number of nitrogens with zero attached hydrogens (tertiary/aromatic N) is 1. The first-order valence-corrected chi connectivity index (χ1v) is 5.32. The van der Waals surface area contributed by atoms with E-state index in [0.29, 0.717) is 23.4 Å². The molecule has 1 unspecified atom stereocenters. The molecule has 5 nitrogen and oxygen atoms in total. The van der Waals surface area contributed by atoms with Gasteiger partial charge in [0.1, 0.15) is 0 Å². The Bertz CT molecular complexity index is 485. The molecule has 0 aromatic heterocycles. The van der Waals surface area contributed by atoms with Crippen molar-refractivity contribution in [2.75, 3.05) is 19.5 Å². The Morgan fingerprint density at radius 3 is 2.59 bits per heavy atom. The Kier molecular flexibility index (Phi) is 2.85. The number of nitrogens with two attached hydrogens (primary N) is 1. The van der Waals surface area contributed by atoms with E-state index < -0.39 is 0 Å². The molecule has 1 atom stereocenters. The predicted octanol–water partition coefficient (Wildman–Crippen LogP) is 0.900. The maximum Gasteiger partial charge on any atom is 0.261 e. The van der Waals surface area contributed by atoms with Gasteiger partial charge >= 0.3 is 0 Å². The summed E-state index contributed by atoms with van der Waals surface area (Å²) in [6.45, 7) is 2.09. The van der Waals surface area contributed by atoms with Gasteiger partial charge in [0.15, 0.2) is 0 Å². The van der Waals surface area contributed by atoms with Gasteiger partial charge in [-0.05, 0) is 25.1 Å². The molecule has 2 N–H and O–H groups in total. The highest BCUT2D eigenvalue weighted by Crippen LogP contribution is 2.26. The average molecular weight is 234 g/mol. The highest BCUT2D eigenvalue weighted by atomic mass is 16.5. The Morgan fingerprint density at radius 1 is 1.29 bits per heavy atom. The molecule has 0 radical (unpaired) electrons. The summed E-state index contributed by atoms with van der Waals surface area (Å²) in [5.41, 5.74) is 6.87. The minimum atomic E-state index is -0.304. The number of ether oxygens (including phenoxy) is 1. The average Bonchev–Trinajstić information content (AvgIpc) is 2.52. The van der Waals surface area contributed by atoms with Gasteiger partial charge in [0.2, 0.25) is 0 Å². The molecule has 2 rings (SSSR count). The van der Waals surface area contributed by atoms with Crippen LogP contribution in [0.1, 0.15) is 27.6 Å². The van der Waals surface area contributed by atoms with Gasteiger partial charge in [-0.3, -0.25) is 14.5 Å². The van der Waals surface area contributed by atoms with Gasteiger partial charge in [0.25, 0.3) is 11.8 Å². The molecule has 1 aromatic rings. The van der Waals surface area contributed by atoms with Crippen LogP contribution in [0.15, 0.2) is 18.2 Å². The third-order valence-corrected chi connectivity index (χ3v) is 2.79. The van der Waals surface area contributed by atoms with E-state index in [1.807, 2.05) is 0 Å². The van der Waals surface area contributed by atoms with Crippen LogP contribution in [0.4, 0.5) is 5.69 Å². The van der Waals surface area contributed by atoms with Crippen LogP contribution in [0.25, 0.3) is 0 Å². The monoisotopic (exact) mass is 234 g/mol. The van der Waals surface area contributed by atoms with Crippen molar-refractivity contribution >= 4 is 17.5 Å². The number of methoxy groups -OCH3 is 1. The van der Waals surface area contributed by atoms with Crippen LogP contribution < -0.4 is 5.73 Å². The molecule has 0 aliphatic carbocycles. The fourth-order valence-electron chi connectivity index (χ4n) is 1.99. The van der Waals surface area contributed by atoms with Crippen LogP contribution in [0.5, 0.6) is 0 Å². The molecule has 0 bridgehead atoms. The van der Waals surface area contributed by atoms with Crippen molar-refractivity contribution in [3.05, 3.63) is 29.3 Å². The molecule has 0 saturated heterocycles. The Labute approximate surface area is 99.2 Å². The van der Waals surface area contributed by atoms with E-state index in [0.717, 1.165) is 0 Å². The van der Waals surface area contributed by atoms with Crippen molar-refractivity contribution in [2.45, 2.75) is 13.0 Å². The number of hydrogen-bond donors (Lipinski definition) is 1. The first-order valence-electron chi connectivity index (χ1n) is 5.32. The first-order chi connectivity index (χ1) is 8.06. The van der Waals surface area contributed by atoms with Gasteiger partial charge in [-0.2, -0.15) is 0 Å². The smallest absolute Gasteiger partial charge is 0.261 e. The van der Waals surface area contributed by atoms with Gasteiger partial charge in [-0.15, -0.1) is 0 Å². The lowest BCUT2D eigenvalue weighted by Gasteiger charge is -2.21. The summed E-state index contributed by atoms with van der Waals surface area (Å²) in [6, 6.07) is 4.46. The van der Waals surface area contributed by atoms with E-state index >= 15 is 0 Å². The summed E-state index contributed by atoms with van der Waals surface area (Å²) in [4.78, 5) is 25.3. The summed E-state index contributed by atoms with van der Waals surface area (Å²) in [6.07, 6.45) is 0. The summed E-state index contributed by atoms with van der Waals surface area (Å²) in [5.74, 6) is -0.587. The van der Waals surface area contributed by atoms with E-state index in [2.05, 4.69) is 0 Å². The highest BCUT2D eigenvalue weighted by molar-refractivity contribution is 6.21. The van der Waals surface area contributed by atoms with Crippen molar-refractivity contribution < 1.29 is 14.3 Å². The molecule has 1 aromatic carbocycles. The van der Waals surface area contributed by atoms with Crippen molar-refractivity contribution in [1.82, 2.24) is 4.90 Å². The normalized spacial score (nSPS) is 16.2. The van der Waals surface area contributed by atoms with Crippen molar-refractivity contribution in [3.63, 3.8) is 0 Å². The zero-order valence-electron chi connectivity index (χ0n) is 9.77. The number of anilines is 1. The number of nitrogen functional groups attached to an aromatic ring is 1. The molecule has 90 valence electrons. The number of amides is 2. The lowest BCUT2D eigenvalue weighted by atomic mass is 10.1. The van der Waals surface area contributed by atoms with Gasteiger partial charge < -0.3 is 10.5 Å². The number of carbonyl (C=O) groups excluding carboxylic acids is 2. The molecule has 1 aliphatic rings. The van der Waals surface area contributed by atoms with Gasteiger partial charge in [-0.1, -0.05) is 0 Å². The zero-order valence-corrected chi connectivity index (χ0v) is 9.77. The van der Waals surface area contributed by atoms with E-state index in [9.17, 15) is 9.59 Å². The van der Waals surface area contributed by atoms with Crippen molar-refractivity contribution in [2.24, 2.45) is 0 Å². The van der Waals surface area contributed by atoms with Crippen molar-refractivity contribution in [3.8, 4) is 0 Å². The Morgan fingerprint density at radius 2 is 1.94 bits per heavy atom. The molecule has 0 spiro atoms. The second-order valence-corrected chi connectivity index (χ2v) is 4.09. The molecule has 2 amide bonds. The standard InChI is InChI=1S/C12H14N2O3/c1-7(6-17-2)14-11(15)9-4-3-8(13)5-10(9)12(14)16/h3-5,7H,6,13H2,1-2H3. The van der Waals surface area contributed by atoms with Crippen molar-refractivity contribution in [1.29, 1.82) is 0 Å². The Balaban J connectivity index is 2.38. The van der Waals surface area contributed by atoms with Crippen LogP contribution in [0.3, 0.4) is 0 Å². The zero-order chi connectivity index (χ0) is 12.6. The molecule has 1 heterocycles. The highest BCUT2D eigenvalue weighted by Gasteiger charge is 2.38. The molecular weight excluding hydrogens is 220 g/mol. The Hall–Kier alpha value is -1.88. The lowest BCUT2D eigenvalue weighted by Crippen LogP contribution is -2.40. The third kappa shape index (κ3) is 1.78. The third-order valence-electron chi connectivity index (χ3n) is 2.79. The van der Waals surface area contributed by atoms with Crippen LogP contribution in [0.2, 0.25) is 0 Å². The van der Waals surface area contributed by atoms with Crippen LogP contribution in [-0.4, -0.2) is 36.5 Å². The summed E-state index contributed by atoms with van der Waals surface area (Å²) >= 11 is 0. The maximum atomic E-state index is 12.1. The van der Waals surface area contributed by atoms with Gasteiger partial charge in [-0.25, -0.2) is 0 Å². The summed E-state index contributed by atoms with van der Waals surface area (Å²) < 4.78 is 4.96. The number of carbonyl (C=O) groups is 2. The number of imide groups is 1. The van der Waals surface area contributed by atoms with Crippen LogP contribution in [-0.2, 0) is 4.74 Å². The second kappa shape index (κ2) is 4.18. The maximum absolute atomic E-state index is 12.1. The van der Waals surface area contributed by atoms with Gasteiger partial charge in [0.05, 0.1) is 23.8 Å². The van der Waals surface area contributed by atoms with Crippen LogP contribution in [0, 0.1) is 0 Å². The summed E-state index contributed by atoms with van der Waals surface area (Å²) in [5, 5.41) is 0. The molecular formula is C12H14N2O3. The SMILES string of the molecule is COCC(C)N1C(=O)c2ccc(N)cc2C1=O. The molecule has 17 heavy (non-hydrogen) atoms. The van der Waals surface area contributed by atoms with E-state index in [1.54, 1.807) is 19.1 Å². The fraction of sp³-hybridized carbons (Fsp3) is 0.333. The minimum absolute atomic E-state index is 0.283. The fourth-order valence-corrected chi connectivity index (χ4v) is 1.99. The van der Waals surface area contributed by atoms with Gasteiger partial charge in [0, 0.05) is 12.8 Å². The minimum Gasteiger partial charge on any atom is -0.399 e.